The first-order chi connectivity index (χ1) is 13.7. The lowest BCUT2D eigenvalue weighted by molar-refractivity contribution is -0.126. The van der Waals surface area contributed by atoms with Gasteiger partial charge in [-0.3, -0.25) is 14.5 Å². The van der Waals surface area contributed by atoms with Crippen LogP contribution in [0.15, 0.2) is 30.3 Å². The topological polar surface area (TPSA) is 52.7 Å². The van der Waals surface area contributed by atoms with Crippen LogP contribution in [0.25, 0.3) is 0 Å². The van der Waals surface area contributed by atoms with Gasteiger partial charge in [0.15, 0.2) is 0 Å². The Hall–Kier alpha value is -1.88. The molecule has 3 fully saturated rings. The number of benzene rings is 1. The summed E-state index contributed by atoms with van der Waals surface area (Å²) in [5.41, 5.74) is 0.732. The van der Waals surface area contributed by atoms with Crippen LogP contribution in [0.1, 0.15) is 61.7 Å². The van der Waals surface area contributed by atoms with Crippen molar-refractivity contribution in [3.8, 4) is 0 Å². The standard InChI is InChI=1S/C23H33N3O2/c27-22-20-12-6-13-21(20)26(23(28)18-8-2-1-3-9-18)16-7-15-25(17-14-24-22)19-10-4-5-11-19/h1-3,8-9,19-21H,4-7,10-17H2,(H,24,27)/t20-,21+/m1/s1. The Morgan fingerprint density at radius 1 is 0.893 bits per heavy atom. The van der Waals surface area contributed by atoms with E-state index in [1.807, 2.05) is 35.2 Å². The molecule has 1 N–H and O–H groups in total. The molecule has 3 aliphatic rings. The van der Waals surface area contributed by atoms with Gasteiger partial charge in [0.2, 0.25) is 5.91 Å². The van der Waals surface area contributed by atoms with Crippen molar-refractivity contribution in [2.75, 3.05) is 26.2 Å². The minimum atomic E-state index is -0.0642. The molecule has 1 saturated heterocycles. The van der Waals surface area contributed by atoms with E-state index in [0.717, 1.165) is 57.4 Å². The molecule has 2 aliphatic carbocycles. The highest BCUT2D eigenvalue weighted by Gasteiger charge is 2.39. The summed E-state index contributed by atoms with van der Waals surface area (Å²) in [5.74, 6) is 0.157. The molecule has 1 aliphatic heterocycles. The van der Waals surface area contributed by atoms with E-state index in [4.69, 9.17) is 0 Å². The zero-order valence-corrected chi connectivity index (χ0v) is 16.8. The number of nitrogens with one attached hydrogen (secondary N) is 1. The van der Waals surface area contributed by atoms with Crippen molar-refractivity contribution in [3.63, 3.8) is 0 Å². The van der Waals surface area contributed by atoms with Gasteiger partial charge in [-0.2, -0.15) is 0 Å². The molecule has 5 heteroatoms. The molecule has 0 radical (unpaired) electrons. The van der Waals surface area contributed by atoms with Gasteiger partial charge in [0.25, 0.3) is 5.91 Å². The summed E-state index contributed by atoms with van der Waals surface area (Å²) in [5, 5.41) is 3.19. The summed E-state index contributed by atoms with van der Waals surface area (Å²) >= 11 is 0. The lowest BCUT2D eigenvalue weighted by atomic mass is 9.99. The van der Waals surface area contributed by atoms with Crippen molar-refractivity contribution in [3.05, 3.63) is 35.9 Å². The minimum absolute atomic E-state index is 0.0331. The summed E-state index contributed by atoms with van der Waals surface area (Å²) in [6, 6.07) is 10.2. The molecule has 1 aromatic carbocycles. The monoisotopic (exact) mass is 383 g/mol. The number of hydrogen-bond acceptors (Lipinski definition) is 3. The van der Waals surface area contributed by atoms with Crippen LogP contribution in [0, 0.1) is 5.92 Å². The number of hydrogen-bond donors (Lipinski definition) is 1. The first kappa shape index (κ1) is 19.4. The highest BCUT2D eigenvalue weighted by Crippen LogP contribution is 2.32. The highest BCUT2D eigenvalue weighted by atomic mass is 16.2. The fourth-order valence-electron chi connectivity index (χ4n) is 5.43. The molecular weight excluding hydrogens is 350 g/mol. The van der Waals surface area contributed by atoms with Crippen molar-refractivity contribution in [2.45, 2.75) is 63.5 Å². The molecule has 0 unspecified atom stereocenters. The highest BCUT2D eigenvalue weighted by molar-refractivity contribution is 5.95. The first-order valence-electron chi connectivity index (χ1n) is 11.1. The van der Waals surface area contributed by atoms with Crippen LogP contribution >= 0.6 is 0 Å². The third-order valence-electron chi connectivity index (χ3n) is 6.88. The molecule has 0 spiro atoms. The van der Waals surface area contributed by atoms with Gasteiger partial charge in [-0.15, -0.1) is 0 Å². The second-order valence-corrected chi connectivity index (χ2v) is 8.59. The van der Waals surface area contributed by atoms with Crippen LogP contribution in [-0.2, 0) is 4.79 Å². The summed E-state index contributed by atoms with van der Waals surface area (Å²) in [6.07, 6.45) is 9.00. The van der Waals surface area contributed by atoms with E-state index in [9.17, 15) is 9.59 Å². The van der Waals surface area contributed by atoms with E-state index in [1.54, 1.807) is 0 Å². The van der Waals surface area contributed by atoms with Crippen LogP contribution in [0.2, 0.25) is 0 Å². The van der Waals surface area contributed by atoms with Crippen molar-refractivity contribution in [2.24, 2.45) is 5.92 Å². The van der Waals surface area contributed by atoms with Gasteiger partial charge in [0.05, 0.1) is 5.92 Å². The SMILES string of the molecule is O=C1NCCN(C2CCCC2)CCCN(C(=O)c2ccccc2)[C@H]2CCC[C@@H]12. The number of carbonyl (C=O) groups excluding carboxylic acids is 2. The lowest BCUT2D eigenvalue weighted by Crippen LogP contribution is -2.47. The summed E-state index contributed by atoms with van der Waals surface area (Å²) in [6.45, 7) is 3.41. The van der Waals surface area contributed by atoms with Gasteiger partial charge in [-0.25, -0.2) is 0 Å². The number of nitrogens with zero attached hydrogens (tertiary/aromatic N) is 2. The second kappa shape index (κ2) is 9.08. The van der Waals surface area contributed by atoms with E-state index in [-0.39, 0.29) is 23.8 Å². The Morgan fingerprint density at radius 2 is 1.68 bits per heavy atom. The largest absolute Gasteiger partial charge is 0.355 e. The quantitative estimate of drug-likeness (QED) is 0.854. The second-order valence-electron chi connectivity index (χ2n) is 8.59. The number of rotatable bonds is 2. The van der Waals surface area contributed by atoms with Crippen molar-refractivity contribution in [1.82, 2.24) is 15.1 Å². The molecule has 2 atom stereocenters. The zero-order valence-electron chi connectivity index (χ0n) is 16.8. The van der Waals surface area contributed by atoms with Gasteiger partial charge in [-0.05, 0) is 44.2 Å². The Kier molecular flexibility index (Phi) is 6.30. The zero-order chi connectivity index (χ0) is 19.3. The normalized spacial score (nSPS) is 27.9. The molecule has 2 saturated carbocycles. The summed E-state index contributed by atoms with van der Waals surface area (Å²) in [4.78, 5) is 30.8. The maximum absolute atomic E-state index is 13.3. The average Bonchev–Trinajstić information content (AvgIpc) is 3.41. The van der Waals surface area contributed by atoms with Gasteiger partial charge >= 0.3 is 0 Å². The molecule has 152 valence electrons. The molecule has 1 aromatic rings. The van der Waals surface area contributed by atoms with Gasteiger partial charge in [0, 0.05) is 43.8 Å². The molecule has 2 amide bonds. The molecular formula is C23H33N3O2. The Bertz CT molecular complexity index is 672. The third kappa shape index (κ3) is 4.24. The smallest absolute Gasteiger partial charge is 0.254 e. The first-order valence-corrected chi connectivity index (χ1v) is 11.1. The molecule has 0 aromatic heterocycles. The van der Waals surface area contributed by atoms with E-state index in [0.29, 0.717) is 6.04 Å². The Morgan fingerprint density at radius 3 is 2.46 bits per heavy atom. The van der Waals surface area contributed by atoms with E-state index >= 15 is 0 Å². The minimum Gasteiger partial charge on any atom is -0.355 e. The summed E-state index contributed by atoms with van der Waals surface area (Å²) < 4.78 is 0. The van der Waals surface area contributed by atoms with Crippen LogP contribution in [0.3, 0.4) is 0 Å². The Balaban J connectivity index is 1.54. The molecule has 4 rings (SSSR count). The molecule has 5 nitrogen and oxygen atoms in total. The van der Waals surface area contributed by atoms with Crippen molar-refractivity contribution >= 4 is 11.8 Å². The number of fused-ring (bicyclic) bond motifs is 1. The van der Waals surface area contributed by atoms with Crippen LogP contribution in [-0.4, -0.2) is 59.9 Å². The van der Waals surface area contributed by atoms with Crippen molar-refractivity contribution in [1.29, 1.82) is 0 Å². The van der Waals surface area contributed by atoms with E-state index < -0.39 is 0 Å². The molecule has 0 bridgehead atoms. The van der Waals surface area contributed by atoms with Crippen LogP contribution < -0.4 is 5.32 Å². The average molecular weight is 384 g/mol. The predicted molar refractivity (Wildman–Crippen MR) is 110 cm³/mol. The Labute approximate surface area is 168 Å². The van der Waals surface area contributed by atoms with Gasteiger partial charge in [0.1, 0.15) is 0 Å². The summed E-state index contributed by atoms with van der Waals surface area (Å²) in [7, 11) is 0. The van der Waals surface area contributed by atoms with Gasteiger partial charge in [-0.1, -0.05) is 37.5 Å². The molecule has 1 heterocycles. The fourth-order valence-corrected chi connectivity index (χ4v) is 5.43. The number of carbonyl (C=O) groups is 2. The van der Waals surface area contributed by atoms with Crippen molar-refractivity contribution < 1.29 is 9.59 Å². The lowest BCUT2D eigenvalue weighted by Gasteiger charge is -2.33. The maximum atomic E-state index is 13.3. The molecule has 28 heavy (non-hydrogen) atoms. The van der Waals surface area contributed by atoms with Crippen LogP contribution in [0.4, 0.5) is 0 Å². The van der Waals surface area contributed by atoms with Crippen LogP contribution in [0.5, 0.6) is 0 Å². The predicted octanol–water partition coefficient (Wildman–Crippen LogP) is 3.06. The van der Waals surface area contributed by atoms with E-state index in [1.165, 1.54) is 25.7 Å². The number of amides is 2. The fraction of sp³-hybridized carbons (Fsp3) is 0.652. The van der Waals surface area contributed by atoms with Gasteiger partial charge < -0.3 is 10.2 Å². The third-order valence-corrected chi connectivity index (χ3v) is 6.88. The van der Waals surface area contributed by atoms with E-state index in [2.05, 4.69) is 10.2 Å². The maximum Gasteiger partial charge on any atom is 0.254 e.